The molecule has 1 aliphatic carbocycles. The van der Waals surface area contributed by atoms with Gasteiger partial charge in [-0.1, -0.05) is 86.5 Å². The smallest absolute Gasteiger partial charge is 0.195 e. The molecular formula is C25H23NO. The van der Waals surface area contributed by atoms with Gasteiger partial charge in [0.1, 0.15) is 6.07 Å². The minimum atomic E-state index is -0.755. The lowest BCUT2D eigenvalue weighted by molar-refractivity contribution is -0.111. The molecular weight excluding hydrogens is 330 g/mol. The molecule has 0 aromatic heterocycles. The summed E-state index contributed by atoms with van der Waals surface area (Å²) in [7, 11) is 0. The normalized spacial score (nSPS) is 18.0. The van der Waals surface area contributed by atoms with Crippen LogP contribution >= 0.6 is 0 Å². The Balaban J connectivity index is 0.00000126. The van der Waals surface area contributed by atoms with Gasteiger partial charge >= 0.3 is 0 Å². The van der Waals surface area contributed by atoms with Gasteiger partial charge in [-0.05, 0) is 29.7 Å². The quantitative estimate of drug-likeness (QED) is 0.686. The third-order valence-electron chi connectivity index (χ3n) is 4.53. The summed E-state index contributed by atoms with van der Waals surface area (Å²) in [6.45, 7) is 4.00. The number of allylic oxidation sites excluding steroid dienone is 4. The maximum absolute atomic E-state index is 11.8. The Morgan fingerprint density at radius 1 is 1.00 bits per heavy atom. The summed E-state index contributed by atoms with van der Waals surface area (Å²) >= 11 is 0. The van der Waals surface area contributed by atoms with Crippen LogP contribution in [-0.4, -0.2) is 5.78 Å². The lowest BCUT2D eigenvalue weighted by Gasteiger charge is -2.29. The van der Waals surface area contributed by atoms with Gasteiger partial charge in [-0.15, -0.1) is 6.42 Å². The molecule has 2 aromatic rings. The first-order valence-corrected chi connectivity index (χ1v) is 9.11. The fraction of sp³-hybridized carbons (Fsp3) is 0.200. The Labute approximate surface area is 161 Å². The van der Waals surface area contributed by atoms with Crippen LogP contribution in [0.4, 0.5) is 0 Å². The SMILES string of the molecule is C#CC1(CC(c2ccccc2)c2ccccc2)C=CC(=O)C(C#N)=C1.CC. The van der Waals surface area contributed by atoms with Crippen molar-refractivity contribution >= 4 is 5.78 Å². The number of hydrogen-bond donors (Lipinski definition) is 0. The molecule has 2 nitrogen and oxygen atoms in total. The maximum Gasteiger partial charge on any atom is 0.195 e. The number of benzene rings is 2. The van der Waals surface area contributed by atoms with E-state index in [4.69, 9.17) is 6.42 Å². The van der Waals surface area contributed by atoms with Gasteiger partial charge in [0.2, 0.25) is 0 Å². The van der Waals surface area contributed by atoms with E-state index in [2.05, 4.69) is 30.2 Å². The van der Waals surface area contributed by atoms with Crippen LogP contribution in [-0.2, 0) is 4.79 Å². The van der Waals surface area contributed by atoms with Crippen LogP contribution in [0.1, 0.15) is 37.3 Å². The van der Waals surface area contributed by atoms with E-state index in [9.17, 15) is 10.1 Å². The first-order valence-electron chi connectivity index (χ1n) is 9.11. The first kappa shape index (κ1) is 20.0. The summed E-state index contributed by atoms with van der Waals surface area (Å²) in [6.07, 6.45) is 11.2. The molecule has 0 saturated heterocycles. The largest absolute Gasteiger partial charge is 0.289 e. The fourth-order valence-electron chi connectivity index (χ4n) is 3.19. The van der Waals surface area contributed by atoms with Gasteiger partial charge in [0.25, 0.3) is 0 Å². The average Bonchev–Trinajstić information content (AvgIpc) is 2.76. The van der Waals surface area contributed by atoms with E-state index in [-0.39, 0.29) is 17.3 Å². The highest BCUT2D eigenvalue weighted by Crippen LogP contribution is 2.40. The molecule has 0 fully saturated rings. The number of hydrogen-bond acceptors (Lipinski definition) is 2. The number of rotatable bonds is 4. The molecule has 0 radical (unpaired) electrons. The third kappa shape index (κ3) is 4.63. The molecule has 2 heteroatoms. The molecule has 3 rings (SSSR count). The van der Waals surface area contributed by atoms with Crippen molar-refractivity contribution in [3.05, 3.63) is 95.6 Å². The molecule has 0 aliphatic heterocycles. The van der Waals surface area contributed by atoms with Gasteiger partial charge < -0.3 is 0 Å². The van der Waals surface area contributed by atoms with Gasteiger partial charge in [0.15, 0.2) is 5.78 Å². The van der Waals surface area contributed by atoms with Gasteiger partial charge in [-0.3, -0.25) is 4.79 Å². The highest BCUT2D eigenvalue weighted by atomic mass is 16.1. The number of carbonyl (C=O) groups excluding carboxylic acids is 1. The van der Waals surface area contributed by atoms with Gasteiger partial charge in [-0.25, -0.2) is 0 Å². The summed E-state index contributed by atoms with van der Waals surface area (Å²) < 4.78 is 0. The van der Waals surface area contributed by atoms with Crippen molar-refractivity contribution in [1.82, 2.24) is 0 Å². The lowest BCUT2D eigenvalue weighted by Crippen LogP contribution is -2.22. The Hall–Kier alpha value is -3.36. The van der Waals surface area contributed by atoms with Crippen LogP contribution in [0, 0.1) is 29.1 Å². The number of ketones is 1. The fourth-order valence-corrected chi connectivity index (χ4v) is 3.19. The topological polar surface area (TPSA) is 40.9 Å². The number of terminal acetylenes is 1. The number of nitrogens with zero attached hydrogens (tertiary/aromatic N) is 1. The second-order valence-corrected chi connectivity index (χ2v) is 6.13. The van der Waals surface area contributed by atoms with Crippen molar-refractivity contribution in [3.63, 3.8) is 0 Å². The summed E-state index contributed by atoms with van der Waals surface area (Å²) in [5.41, 5.74) is 1.66. The van der Waals surface area contributed by atoms with E-state index in [1.165, 1.54) is 6.08 Å². The molecule has 0 amide bonds. The van der Waals surface area contributed by atoms with Gasteiger partial charge in [0.05, 0.1) is 11.0 Å². The summed E-state index contributed by atoms with van der Waals surface area (Å²) in [5, 5.41) is 9.22. The molecule has 0 bridgehead atoms. The van der Waals surface area contributed by atoms with Crippen molar-refractivity contribution in [2.24, 2.45) is 5.41 Å². The molecule has 1 unspecified atom stereocenters. The van der Waals surface area contributed by atoms with Crippen LogP contribution in [0.2, 0.25) is 0 Å². The van der Waals surface area contributed by atoms with Crippen molar-refractivity contribution in [2.45, 2.75) is 26.2 Å². The summed E-state index contributed by atoms with van der Waals surface area (Å²) in [5.74, 6) is 2.58. The zero-order valence-electron chi connectivity index (χ0n) is 15.7. The van der Waals surface area contributed by atoms with Gasteiger partial charge in [-0.2, -0.15) is 5.26 Å². The van der Waals surface area contributed by atoms with E-state index in [1.807, 2.05) is 56.3 Å². The Morgan fingerprint density at radius 2 is 1.52 bits per heavy atom. The van der Waals surface area contributed by atoms with Crippen LogP contribution in [0.15, 0.2) is 84.5 Å². The Bertz CT molecular complexity index is 871. The maximum atomic E-state index is 11.8. The van der Waals surface area contributed by atoms with E-state index in [0.29, 0.717) is 6.42 Å². The first-order chi connectivity index (χ1) is 13.2. The van der Waals surface area contributed by atoms with Crippen molar-refractivity contribution in [2.75, 3.05) is 0 Å². The molecule has 0 heterocycles. The highest BCUT2D eigenvalue weighted by molar-refractivity contribution is 6.08. The van der Waals surface area contributed by atoms with Crippen LogP contribution in [0.5, 0.6) is 0 Å². The second kappa shape index (κ2) is 9.37. The number of carbonyl (C=O) groups is 1. The molecule has 0 saturated carbocycles. The Kier molecular flexibility index (Phi) is 6.93. The summed E-state index contributed by atoms with van der Waals surface area (Å²) in [6, 6.07) is 22.3. The van der Waals surface area contributed by atoms with E-state index in [0.717, 1.165) is 11.1 Å². The van der Waals surface area contributed by atoms with Crippen molar-refractivity contribution in [1.29, 1.82) is 5.26 Å². The zero-order chi connectivity index (χ0) is 19.7. The summed E-state index contributed by atoms with van der Waals surface area (Å²) in [4.78, 5) is 11.8. The van der Waals surface area contributed by atoms with E-state index in [1.54, 1.807) is 12.2 Å². The van der Waals surface area contributed by atoms with E-state index < -0.39 is 5.41 Å². The molecule has 2 aromatic carbocycles. The lowest BCUT2D eigenvalue weighted by atomic mass is 9.72. The van der Waals surface area contributed by atoms with Crippen molar-refractivity contribution < 1.29 is 4.79 Å². The zero-order valence-corrected chi connectivity index (χ0v) is 15.7. The van der Waals surface area contributed by atoms with E-state index >= 15 is 0 Å². The highest BCUT2D eigenvalue weighted by Gasteiger charge is 2.32. The predicted octanol–water partition coefficient (Wildman–Crippen LogP) is 5.44. The minimum Gasteiger partial charge on any atom is -0.289 e. The molecule has 27 heavy (non-hydrogen) atoms. The van der Waals surface area contributed by atoms with Crippen molar-refractivity contribution in [3.8, 4) is 18.4 Å². The monoisotopic (exact) mass is 353 g/mol. The second-order valence-electron chi connectivity index (χ2n) is 6.13. The molecule has 0 N–H and O–H groups in total. The molecule has 134 valence electrons. The third-order valence-corrected chi connectivity index (χ3v) is 4.53. The minimum absolute atomic E-state index is 0.0625. The van der Waals surface area contributed by atoms with Crippen LogP contribution in [0.3, 0.4) is 0 Å². The predicted molar refractivity (Wildman–Crippen MR) is 110 cm³/mol. The van der Waals surface area contributed by atoms with Crippen LogP contribution < -0.4 is 0 Å². The molecule has 1 aliphatic rings. The average molecular weight is 353 g/mol. The van der Waals surface area contributed by atoms with Crippen LogP contribution in [0.25, 0.3) is 0 Å². The standard InChI is InChI=1S/C23H17NO.C2H6/c1-2-23(14-13-22(25)20(15-23)17-24)16-21(18-9-5-3-6-10-18)19-11-7-4-8-12-19;1-2/h1,3-15,21H,16H2;1-2H3. The van der Waals surface area contributed by atoms with Gasteiger partial charge in [0, 0.05) is 5.92 Å². The molecule has 1 atom stereocenters. The molecule has 0 spiro atoms. The Morgan fingerprint density at radius 3 is 1.96 bits per heavy atom. The number of nitriles is 1.